The van der Waals surface area contributed by atoms with Gasteiger partial charge < -0.3 is 4.79 Å². The molecule has 1 aliphatic carbocycles. The number of carbonyl (C=O) groups is 1. The molecule has 0 saturated heterocycles. The van der Waals surface area contributed by atoms with Crippen molar-refractivity contribution in [2.24, 2.45) is 5.92 Å². The Morgan fingerprint density at radius 3 is 2.31 bits per heavy atom. The molecule has 2 atom stereocenters. The normalized spacial score (nSPS) is 29.7. The Labute approximate surface area is 86.7 Å². The van der Waals surface area contributed by atoms with E-state index in [1.54, 1.807) is 0 Å². The largest absolute Gasteiger partial charge is 0.303 e. The fourth-order valence-electron chi connectivity index (χ4n) is 1.61. The summed E-state index contributed by atoms with van der Waals surface area (Å²) in [6.07, 6.45) is 0.831. The first-order valence-corrected chi connectivity index (χ1v) is 4.81. The molecule has 0 unspecified atom stereocenters. The third-order valence-electron chi connectivity index (χ3n) is 2.41. The second kappa shape index (κ2) is 3.00. The van der Waals surface area contributed by atoms with Crippen molar-refractivity contribution in [2.75, 3.05) is 0 Å². The molecule has 68 valence electrons. The summed E-state index contributed by atoms with van der Waals surface area (Å²) in [4.78, 5) is 10.6. The van der Waals surface area contributed by atoms with Crippen LogP contribution in [-0.2, 0) is 4.79 Å². The van der Waals surface area contributed by atoms with Gasteiger partial charge in [-0.2, -0.15) is 0 Å². The molecular weight excluding hydrogens is 207 g/mol. The summed E-state index contributed by atoms with van der Waals surface area (Å²) in [5.41, 5.74) is 1.03. The van der Waals surface area contributed by atoms with E-state index in [0.29, 0.717) is 0 Å². The number of hydrogen-bond acceptors (Lipinski definition) is 1. The third-order valence-corrected chi connectivity index (χ3v) is 3.39. The molecule has 0 amide bonds. The van der Waals surface area contributed by atoms with Crippen LogP contribution < -0.4 is 0 Å². The smallest absolute Gasteiger partial charge is 0.136 e. The molecule has 1 aromatic carbocycles. The summed E-state index contributed by atoms with van der Waals surface area (Å²) in [6, 6.07) is 9.63. The van der Waals surface area contributed by atoms with Gasteiger partial charge in [-0.15, -0.1) is 23.2 Å². The first kappa shape index (κ1) is 9.04. The van der Waals surface area contributed by atoms with E-state index >= 15 is 0 Å². The highest BCUT2D eigenvalue weighted by molar-refractivity contribution is 6.53. The highest BCUT2D eigenvalue weighted by Gasteiger charge is 2.63. The van der Waals surface area contributed by atoms with Crippen LogP contribution in [0.2, 0.25) is 0 Å². The van der Waals surface area contributed by atoms with E-state index in [2.05, 4.69) is 0 Å². The van der Waals surface area contributed by atoms with Gasteiger partial charge >= 0.3 is 0 Å². The van der Waals surface area contributed by atoms with Crippen LogP contribution in [0.25, 0.3) is 0 Å². The van der Waals surface area contributed by atoms with E-state index in [9.17, 15) is 4.79 Å². The van der Waals surface area contributed by atoms with Gasteiger partial charge in [0.2, 0.25) is 0 Å². The molecule has 2 rings (SSSR count). The number of carbonyl (C=O) groups excluding carboxylic acids is 1. The predicted octanol–water partition coefficient (Wildman–Crippen LogP) is 2.77. The minimum absolute atomic E-state index is 0.0328. The summed E-state index contributed by atoms with van der Waals surface area (Å²) in [5.74, 6) is -0.284. The lowest BCUT2D eigenvalue weighted by Crippen LogP contribution is -1.90. The van der Waals surface area contributed by atoms with E-state index in [1.165, 1.54) is 0 Å². The summed E-state index contributed by atoms with van der Waals surface area (Å²) in [5, 5.41) is 0. The Morgan fingerprint density at radius 2 is 1.85 bits per heavy atom. The van der Waals surface area contributed by atoms with E-state index < -0.39 is 4.33 Å². The molecule has 0 N–H and O–H groups in total. The Kier molecular flexibility index (Phi) is 2.09. The van der Waals surface area contributed by atoms with Crippen molar-refractivity contribution < 1.29 is 4.79 Å². The van der Waals surface area contributed by atoms with Crippen LogP contribution in [0.3, 0.4) is 0 Å². The third kappa shape index (κ3) is 1.36. The summed E-state index contributed by atoms with van der Waals surface area (Å²) in [6.45, 7) is 0. The van der Waals surface area contributed by atoms with E-state index in [4.69, 9.17) is 23.2 Å². The minimum Gasteiger partial charge on any atom is -0.303 e. The Balaban J connectivity index is 2.27. The van der Waals surface area contributed by atoms with Crippen molar-refractivity contribution in [3.63, 3.8) is 0 Å². The molecule has 0 aliphatic heterocycles. The quantitative estimate of drug-likeness (QED) is 0.547. The molecule has 1 aromatic rings. The lowest BCUT2D eigenvalue weighted by Gasteiger charge is -1.97. The molecule has 13 heavy (non-hydrogen) atoms. The van der Waals surface area contributed by atoms with Gasteiger partial charge in [0.25, 0.3) is 0 Å². The van der Waals surface area contributed by atoms with E-state index in [0.717, 1.165) is 11.8 Å². The molecule has 0 spiro atoms. The standard InChI is InChI=1S/C10H8Cl2O/c11-10(12)8(6-13)9(10)7-4-2-1-3-5-7/h1-6,8-9H/t8-,9-/m1/s1. The van der Waals surface area contributed by atoms with Crippen LogP contribution in [-0.4, -0.2) is 10.6 Å². The van der Waals surface area contributed by atoms with Gasteiger partial charge in [0, 0.05) is 5.92 Å². The number of halogens is 2. The van der Waals surface area contributed by atoms with Crippen LogP contribution >= 0.6 is 23.2 Å². The van der Waals surface area contributed by atoms with Crippen LogP contribution in [0.1, 0.15) is 11.5 Å². The zero-order valence-electron chi connectivity index (χ0n) is 6.78. The highest BCUT2D eigenvalue weighted by Crippen LogP contribution is 2.63. The summed E-state index contributed by atoms with van der Waals surface area (Å²) in [7, 11) is 0. The number of alkyl halides is 2. The molecule has 1 saturated carbocycles. The monoisotopic (exact) mass is 214 g/mol. The SMILES string of the molecule is O=C[C@@H]1[C@@H](c2ccccc2)C1(Cl)Cl. The molecule has 3 heteroatoms. The predicted molar refractivity (Wildman–Crippen MR) is 53.2 cm³/mol. The second-order valence-corrected chi connectivity index (χ2v) is 4.67. The Hall–Kier alpha value is -0.530. The van der Waals surface area contributed by atoms with E-state index in [-0.39, 0.29) is 11.8 Å². The maximum Gasteiger partial charge on any atom is 0.136 e. The molecule has 0 heterocycles. The first-order chi connectivity index (χ1) is 6.18. The number of rotatable bonds is 2. The van der Waals surface area contributed by atoms with Gasteiger partial charge in [0.1, 0.15) is 10.6 Å². The average molecular weight is 215 g/mol. The maximum atomic E-state index is 10.6. The van der Waals surface area contributed by atoms with Crippen LogP contribution in [0, 0.1) is 5.92 Å². The fourth-order valence-corrected chi connectivity index (χ4v) is 2.36. The fraction of sp³-hybridized carbons (Fsp3) is 0.300. The lowest BCUT2D eigenvalue weighted by atomic mass is 10.1. The summed E-state index contributed by atoms with van der Waals surface area (Å²) >= 11 is 11.9. The first-order valence-electron chi connectivity index (χ1n) is 4.06. The molecule has 1 aliphatic rings. The van der Waals surface area contributed by atoms with Crippen molar-refractivity contribution >= 4 is 29.5 Å². The molecule has 1 nitrogen and oxygen atoms in total. The zero-order valence-corrected chi connectivity index (χ0v) is 8.29. The Bertz CT molecular complexity index is 321. The molecular formula is C10H8Cl2O. The topological polar surface area (TPSA) is 17.1 Å². The van der Waals surface area contributed by atoms with Crippen LogP contribution in [0.15, 0.2) is 30.3 Å². The van der Waals surface area contributed by atoms with Gasteiger partial charge in [-0.3, -0.25) is 0 Å². The molecule has 0 radical (unpaired) electrons. The van der Waals surface area contributed by atoms with Crippen molar-refractivity contribution in [1.29, 1.82) is 0 Å². The van der Waals surface area contributed by atoms with Crippen molar-refractivity contribution in [2.45, 2.75) is 10.3 Å². The zero-order chi connectivity index (χ0) is 9.47. The van der Waals surface area contributed by atoms with E-state index in [1.807, 2.05) is 30.3 Å². The minimum atomic E-state index is -0.886. The van der Waals surface area contributed by atoms with Crippen LogP contribution in [0.5, 0.6) is 0 Å². The number of aldehydes is 1. The average Bonchev–Trinajstić information content (AvgIpc) is 2.69. The second-order valence-electron chi connectivity index (χ2n) is 3.22. The van der Waals surface area contributed by atoms with Gasteiger partial charge in [-0.05, 0) is 5.56 Å². The Morgan fingerprint density at radius 1 is 1.23 bits per heavy atom. The highest BCUT2D eigenvalue weighted by atomic mass is 35.5. The van der Waals surface area contributed by atoms with Crippen molar-refractivity contribution in [3.8, 4) is 0 Å². The maximum absolute atomic E-state index is 10.6. The van der Waals surface area contributed by atoms with Gasteiger partial charge in [0.15, 0.2) is 0 Å². The van der Waals surface area contributed by atoms with Crippen LogP contribution in [0.4, 0.5) is 0 Å². The number of hydrogen-bond donors (Lipinski definition) is 0. The molecule has 0 bridgehead atoms. The van der Waals surface area contributed by atoms with Gasteiger partial charge in [-0.1, -0.05) is 30.3 Å². The van der Waals surface area contributed by atoms with Gasteiger partial charge in [0.05, 0.1) is 5.92 Å². The number of benzene rings is 1. The van der Waals surface area contributed by atoms with Crippen molar-refractivity contribution in [1.82, 2.24) is 0 Å². The summed E-state index contributed by atoms with van der Waals surface area (Å²) < 4.78 is -0.886. The lowest BCUT2D eigenvalue weighted by molar-refractivity contribution is -0.108. The molecule has 0 aromatic heterocycles. The van der Waals surface area contributed by atoms with Gasteiger partial charge in [-0.25, -0.2) is 0 Å². The van der Waals surface area contributed by atoms with Crippen molar-refractivity contribution in [3.05, 3.63) is 35.9 Å². The molecule has 1 fully saturated rings.